The number of anilines is 3. The first-order valence-electron chi connectivity index (χ1n) is 8.06. The van der Waals surface area contributed by atoms with E-state index in [1.807, 2.05) is 45.4 Å². The van der Waals surface area contributed by atoms with Gasteiger partial charge in [0, 0.05) is 31.9 Å². The van der Waals surface area contributed by atoms with Crippen LogP contribution in [0, 0.1) is 0 Å². The number of hydrogen-bond donors (Lipinski definition) is 2. The van der Waals surface area contributed by atoms with Gasteiger partial charge in [-0.2, -0.15) is 15.1 Å². The molecule has 2 heterocycles. The number of fused-ring (bicyclic) bond motifs is 1. The molecule has 0 aliphatic heterocycles. The van der Waals surface area contributed by atoms with Crippen LogP contribution in [0.3, 0.4) is 0 Å². The number of ether oxygens (including phenoxy) is 1. The molecule has 3 aromatic rings. The van der Waals surface area contributed by atoms with Crippen molar-refractivity contribution in [3.05, 3.63) is 30.5 Å². The molecule has 0 spiro atoms. The van der Waals surface area contributed by atoms with E-state index in [0.29, 0.717) is 11.8 Å². The predicted molar refractivity (Wildman–Crippen MR) is 99.6 cm³/mol. The highest BCUT2D eigenvalue weighted by Gasteiger charge is 2.12. The first-order chi connectivity index (χ1) is 12.1. The smallest absolute Gasteiger partial charge is 0.226 e. The molecule has 3 rings (SSSR count). The van der Waals surface area contributed by atoms with E-state index in [1.165, 1.54) is 0 Å². The molecule has 2 aromatic heterocycles. The van der Waals surface area contributed by atoms with Crippen LogP contribution in [0.2, 0.25) is 0 Å². The van der Waals surface area contributed by atoms with Crippen LogP contribution in [0.1, 0.15) is 0 Å². The molecule has 0 saturated carbocycles. The van der Waals surface area contributed by atoms with E-state index < -0.39 is 0 Å². The van der Waals surface area contributed by atoms with Crippen LogP contribution in [-0.2, 0) is 7.05 Å². The highest BCUT2D eigenvalue weighted by atomic mass is 16.5. The fraction of sp³-hybridized carbons (Fsp3) is 0.353. The Morgan fingerprint density at radius 1 is 1.24 bits per heavy atom. The second-order valence-corrected chi connectivity index (χ2v) is 5.99. The number of benzene rings is 1. The van der Waals surface area contributed by atoms with Gasteiger partial charge in [-0.05, 0) is 26.2 Å². The van der Waals surface area contributed by atoms with E-state index in [1.54, 1.807) is 18.0 Å². The molecule has 0 atom stereocenters. The van der Waals surface area contributed by atoms with Crippen molar-refractivity contribution in [3.63, 3.8) is 0 Å². The zero-order valence-corrected chi connectivity index (χ0v) is 14.9. The van der Waals surface area contributed by atoms with E-state index in [9.17, 15) is 0 Å². The lowest BCUT2D eigenvalue weighted by Crippen LogP contribution is -2.21. The normalized spacial score (nSPS) is 11.1. The summed E-state index contributed by atoms with van der Waals surface area (Å²) in [6.07, 6.45) is 1.77. The molecule has 2 N–H and O–H groups in total. The number of nitrogens with zero attached hydrogens (tertiary/aromatic N) is 5. The summed E-state index contributed by atoms with van der Waals surface area (Å²) in [6.45, 7) is 1.65. The maximum absolute atomic E-state index is 5.28. The minimum Gasteiger partial charge on any atom is -0.497 e. The molecular formula is C17H23N7O. The molecule has 1 aromatic carbocycles. The third-order valence-electron chi connectivity index (χ3n) is 3.77. The molecule has 0 fully saturated rings. The van der Waals surface area contributed by atoms with Gasteiger partial charge in [0.1, 0.15) is 11.6 Å². The van der Waals surface area contributed by atoms with Gasteiger partial charge >= 0.3 is 0 Å². The van der Waals surface area contributed by atoms with Gasteiger partial charge in [0.15, 0.2) is 5.65 Å². The van der Waals surface area contributed by atoms with Gasteiger partial charge in [-0.25, -0.2) is 0 Å². The fourth-order valence-corrected chi connectivity index (χ4v) is 2.43. The molecule has 8 heteroatoms. The maximum atomic E-state index is 5.28. The average molecular weight is 341 g/mol. The second-order valence-electron chi connectivity index (χ2n) is 5.99. The lowest BCUT2D eigenvalue weighted by atomic mass is 10.3. The van der Waals surface area contributed by atoms with Gasteiger partial charge in [-0.3, -0.25) is 4.68 Å². The Labute approximate surface area is 146 Å². The molecule has 25 heavy (non-hydrogen) atoms. The van der Waals surface area contributed by atoms with E-state index in [0.717, 1.165) is 35.6 Å². The van der Waals surface area contributed by atoms with Crippen LogP contribution >= 0.6 is 0 Å². The number of hydrogen-bond acceptors (Lipinski definition) is 7. The first-order valence-corrected chi connectivity index (χ1v) is 8.06. The van der Waals surface area contributed by atoms with Crippen LogP contribution in [0.5, 0.6) is 5.75 Å². The van der Waals surface area contributed by atoms with E-state index in [-0.39, 0.29) is 0 Å². The summed E-state index contributed by atoms with van der Waals surface area (Å²) < 4.78 is 7.02. The summed E-state index contributed by atoms with van der Waals surface area (Å²) in [5.41, 5.74) is 1.66. The second kappa shape index (κ2) is 7.35. The molecule has 0 amide bonds. The molecular weight excluding hydrogens is 318 g/mol. The predicted octanol–water partition coefficient (Wildman–Crippen LogP) is 2.09. The van der Waals surface area contributed by atoms with Crippen LogP contribution in [0.25, 0.3) is 11.0 Å². The minimum absolute atomic E-state index is 0.573. The van der Waals surface area contributed by atoms with E-state index in [2.05, 4.69) is 30.6 Å². The number of aromatic nitrogens is 4. The Morgan fingerprint density at radius 2 is 2.08 bits per heavy atom. The SMILES string of the molecule is COc1cccc(Nc2nc(NCCN(C)C)nc3c2cnn3C)c1. The monoisotopic (exact) mass is 341 g/mol. The summed E-state index contributed by atoms with van der Waals surface area (Å²) in [4.78, 5) is 11.3. The largest absolute Gasteiger partial charge is 0.497 e. The summed E-state index contributed by atoms with van der Waals surface area (Å²) in [6, 6.07) is 7.72. The molecule has 0 radical (unpaired) electrons. The van der Waals surface area contributed by atoms with Crippen molar-refractivity contribution >= 4 is 28.5 Å². The summed E-state index contributed by atoms with van der Waals surface area (Å²) in [5.74, 6) is 2.06. The Bertz CT molecular complexity index is 859. The summed E-state index contributed by atoms with van der Waals surface area (Å²) in [5, 5.41) is 11.8. The zero-order chi connectivity index (χ0) is 17.8. The number of aryl methyl sites for hydroxylation is 1. The lowest BCUT2D eigenvalue weighted by molar-refractivity contribution is 0.415. The molecule has 0 saturated heterocycles. The van der Waals surface area contributed by atoms with Crippen LogP contribution in [0.4, 0.5) is 17.5 Å². The number of methoxy groups -OCH3 is 1. The highest BCUT2D eigenvalue weighted by molar-refractivity contribution is 5.89. The van der Waals surface area contributed by atoms with Gasteiger partial charge in [0.2, 0.25) is 5.95 Å². The lowest BCUT2D eigenvalue weighted by Gasteiger charge is -2.13. The Hall–Kier alpha value is -2.87. The Kier molecular flexibility index (Phi) is 4.99. The van der Waals surface area contributed by atoms with Gasteiger partial charge < -0.3 is 20.3 Å². The van der Waals surface area contributed by atoms with Crippen molar-refractivity contribution in [2.45, 2.75) is 0 Å². The van der Waals surface area contributed by atoms with E-state index >= 15 is 0 Å². The summed E-state index contributed by atoms with van der Waals surface area (Å²) >= 11 is 0. The van der Waals surface area contributed by atoms with Crippen LogP contribution < -0.4 is 15.4 Å². The first kappa shape index (κ1) is 17.0. The minimum atomic E-state index is 0.573. The quantitative estimate of drug-likeness (QED) is 0.681. The van der Waals surface area contributed by atoms with Crippen molar-refractivity contribution in [2.75, 3.05) is 44.9 Å². The maximum Gasteiger partial charge on any atom is 0.226 e. The van der Waals surface area contributed by atoms with Crippen molar-refractivity contribution in [2.24, 2.45) is 7.05 Å². The topological polar surface area (TPSA) is 80.1 Å². The number of nitrogens with one attached hydrogen (secondary N) is 2. The molecule has 132 valence electrons. The van der Waals surface area contributed by atoms with Crippen molar-refractivity contribution in [3.8, 4) is 5.75 Å². The molecule has 0 aliphatic rings. The zero-order valence-electron chi connectivity index (χ0n) is 14.9. The van der Waals surface area contributed by atoms with Gasteiger partial charge in [-0.15, -0.1) is 0 Å². The van der Waals surface area contributed by atoms with Crippen molar-refractivity contribution in [1.29, 1.82) is 0 Å². The molecule has 8 nitrogen and oxygen atoms in total. The third-order valence-corrected chi connectivity index (χ3v) is 3.77. The van der Waals surface area contributed by atoms with Crippen molar-refractivity contribution < 1.29 is 4.74 Å². The van der Waals surface area contributed by atoms with Gasteiger partial charge in [0.25, 0.3) is 0 Å². The van der Waals surface area contributed by atoms with Crippen LogP contribution in [0.15, 0.2) is 30.5 Å². The van der Waals surface area contributed by atoms with Crippen LogP contribution in [-0.4, -0.2) is 58.9 Å². The van der Waals surface area contributed by atoms with Gasteiger partial charge in [-0.1, -0.05) is 6.07 Å². The van der Waals surface area contributed by atoms with Gasteiger partial charge in [0.05, 0.1) is 18.7 Å². The molecule has 0 aliphatic carbocycles. The number of likely N-dealkylation sites (N-methyl/N-ethyl adjacent to an activating group) is 1. The standard InChI is InChI=1S/C17H23N7O/c1-23(2)9-8-18-17-21-15(14-11-19-24(3)16(14)22-17)20-12-6-5-7-13(10-12)25-4/h5-7,10-11H,8-9H2,1-4H3,(H2,18,20,21,22). The third kappa shape index (κ3) is 3.97. The fourth-order valence-electron chi connectivity index (χ4n) is 2.43. The summed E-state index contributed by atoms with van der Waals surface area (Å²) in [7, 11) is 7.58. The Morgan fingerprint density at radius 3 is 2.84 bits per heavy atom. The highest BCUT2D eigenvalue weighted by Crippen LogP contribution is 2.26. The molecule has 0 unspecified atom stereocenters. The average Bonchev–Trinajstić information content (AvgIpc) is 2.96. The van der Waals surface area contributed by atoms with Crippen molar-refractivity contribution in [1.82, 2.24) is 24.6 Å². The number of rotatable bonds is 7. The van der Waals surface area contributed by atoms with E-state index in [4.69, 9.17) is 4.74 Å². The Balaban J connectivity index is 1.91. The molecule has 0 bridgehead atoms.